The first-order valence-electron chi connectivity index (χ1n) is 6.26. The molecule has 0 aliphatic carbocycles. The van der Waals surface area contributed by atoms with Crippen LogP contribution in [0.1, 0.15) is 20.3 Å². The Kier molecular flexibility index (Phi) is 5.29. The fourth-order valence-electron chi connectivity index (χ4n) is 1.44. The van der Waals surface area contributed by atoms with Crippen molar-refractivity contribution in [3.8, 4) is 0 Å². The van der Waals surface area contributed by atoms with Gasteiger partial charge < -0.3 is 20.7 Å². The highest BCUT2D eigenvalue weighted by Gasteiger charge is 2.18. The fourth-order valence-corrected chi connectivity index (χ4v) is 1.44. The van der Waals surface area contributed by atoms with E-state index in [1.165, 1.54) is 0 Å². The molecule has 0 spiro atoms. The summed E-state index contributed by atoms with van der Waals surface area (Å²) in [6.45, 7) is 5.80. The average Bonchev–Trinajstić information content (AvgIpc) is 2.33. The van der Waals surface area contributed by atoms with Crippen LogP contribution in [-0.2, 0) is 4.74 Å². The molecule has 7 heteroatoms. The van der Waals surface area contributed by atoms with E-state index in [0.717, 1.165) is 19.6 Å². The van der Waals surface area contributed by atoms with Gasteiger partial charge in [0, 0.05) is 34.4 Å². The molecule has 1 rings (SSSR count). The van der Waals surface area contributed by atoms with Crippen LogP contribution in [0.2, 0.25) is 0 Å². The maximum atomic E-state index is 5.67. The number of nitrogens with two attached hydrogens (primary N) is 1. The molecule has 1 aromatic rings. The SMILES string of the molecule is COCCC(C)(C)CNc1nc(N)nc(N(C)C)n1. The molecule has 7 nitrogen and oxygen atoms in total. The number of nitrogens with zero attached hydrogens (tertiary/aromatic N) is 4. The zero-order valence-corrected chi connectivity index (χ0v) is 12.4. The maximum Gasteiger partial charge on any atom is 0.231 e. The number of nitrogens with one attached hydrogen (secondary N) is 1. The first kappa shape index (κ1) is 15.4. The Morgan fingerprint density at radius 3 is 2.53 bits per heavy atom. The molecule has 1 heterocycles. The number of rotatable bonds is 7. The normalized spacial score (nSPS) is 11.4. The van der Waals surface area contributed by atoms with E-state index in [1.54, 1.807) is 12.0 Å². The summed E-state index contributed by atoms with van der Waals surface area (Å²) in [6.07, 6.45) is 0.956. The van der Waals surface area contributed by atoms with Crippen LogP contribution in [0.4, 0.5) is 17.8 Å². The second-order valence-electron chi connectivity index (χ2n) is 5.47. The number of hydrogen-bond acceptors (Lipinski definition) is 7. The van der Waals surface area contributed by atoms with Crippen LogP contribution in [0.15, 0.2) is 0 Å². The Labute approximate surface area is 114 Å². The molecule has 0 unspecified atom stereocenters. The molecule has 0 aromatic carbocycles. The van der Waals surface area contributed by atoms with Crippen LogP contribution in [0.3, 0.4) is 0 Å². The number of ether oxygens (including phenoxy) is 1. The first-order chi connectivity index (χ1) is 8.84. The van der Waals surface area contributed by atoms with Crippen LogP contribution in [-0.4, -0.2) is 49.3 Å². The molecule has 0 saturated carbocycles. The molecule has 0 atom stereocenters. The average molecular weight is 268 g/mol. The zero-order chi connectivity index (χ0) is 14.5. The van der Waals surface area contributed by atoms with Gasteiger partial charge in [-0.1, -0.05) is 13.8 Å². The van der Waals surface area contributed by atoms with Gasteiger partial charge in [-0.25, -0.2) is 0 Å². The molecule has 0 aliphatic heterocycles. The van der Waals surface area contributed by atoms with Crippen molar-refractivity contribution in [1.82, 2.24) is 15.0 Å². The lowest BCUT2D eigenvalue weighted by molar-refractivity contribution is 0.157. The highest BCUT2D eigenvalue weighted by Crippen LogP contribution is 2.20. The molecule has 0 aliphatic rings. The quantitative estimate of drug-likeness (QED) is 0.762. The maximum absolute atomic E-state index is 5.67. The highest BCUT2D eigenvalue weighted by atomic mass is 16.5. The summed E-state index contributed by atoms with van der Waals surface area (Å²) < 4.78 is 5.10. The second-order valence-corrected chi connectivity index (χ2v) is 5.47. The van der Waals surface area contributed by atoms with Crippen LogP contribution in [0.25, 0.3) is 0 Å². The van der Waals surface area contributed by atoms with Gasteiger partial charge in [0.25, 0.3) is 0 Å². The summed E-state index contributed by atoms with van der Waals surface area (Å²) >= 11 is 0. The first-order valence-corrected chi connectivity index (χ1v) is 6.26. The smallest absolute Gasteiger partial charge is 0.231 e. The largest absolute Gasteiger partial charge is 0.385 e. The summed E-state index contributed by atoms with van der Waals surface area (Å²) in [7, 11) is 5.43. The molecular weight excluding hydrogens is 244 g/mol. The Bertz CT molecular complexity index is 407. The van der Waals surface area contributed by atoms with Crippen molar-refractivity contribution in [2.24, 2.45) is 5.41 Å². The Hall–Kier alpha value is -1.63. The summed E-state index contributed by atoms with van der Waals surface area (Å²) in [6, 6.07) is 0. The van der Waals surface area contributed by atoms with E-state index >= 15 is 0 Å². The lowest BCUT2D eigenvalue weighted by Crippen LogP contribution is -2.26. The molecule has 108 valence electrons. The third-order valence-corrected chi connectivity index (χ3v) is 2.75. The van der Waals surface area contributed by atoms with Crippen LogP contribution >= 0.6 is 0 Å². The van der Waals surface area contributed by atoms with E-state index in [0.29, 0.717) is 11.9 Å². The van der Waals surface area contributed by atoms with Crippen molar-refractivity contribution in [2.45, 2.75) is 20.3 Å². The van der Waals surface area contributed by atoms with Crippen LogP contribution in [0.5, 0.6) is 0 Å². The number of hydrogen-bond donors (Lipinski definition) is 2. The van der Waals surface area contributed by atoms with Gasteiger partial charge in [-0.3, -0.25) is 0 Å². The third-order valence-electron chi connectivity index (χ3n) is 2.75. The van der Waals surface area contributed by atoms with Crippen molar-refractivity contribution in [3.63, 3.8) is 0 Å². The minimum atomic E-state index is 0.0929. The Morgan fingerprint density at radius 1 is 1.26 bits per heavy atom. The predicted octanol–water partition coefficient (Wildman–Crippen LogP) is 0.994. The molecule has 0 bridgehead atoms. The lowest BCUT2D eigenvalue weighted by Gasteiger charge is -2.24. The summed E-state index contributed by atoms with van der Waals surface area (Å²) in [5.41, 5.74) is 5.76. The summed E-state index contributed by atoms with van der Waals surface area (Å²) in [5.74, 6) is 1.27. The lowest BCUT2D eigenvalue weighted by atomic mass is 9.90. The molecule has 0 radical (unpaired) electrons. The minimum Gasteiger partial charge on any atom is -0.385 e. The predicted molar refractivity (Wildman–Crippen MR) is 77.3 cm³/mol. The van der Waals surface area contributed by atoms with Gasteiger partial charge in [0.2, 0.25) is 17.8 Å². The monoisotopic (exact) mass is 268 g/mol. The van der Waals surface area contributed by atoms with Gasteiger partial charge in [-0.2, -0.15) is 15.0 Å². The van der Waals surface area contributed by atoms with Gasteiger partial charge in [0.15, 0.2) is 0 Å². The highest BCUT2D eigenvalue weighted by molar-refractivity contribution is 5.40. The number of methoxy groups -OCH3 is 1. The molecule has 1 aromatic heterocycles. The van der Waals surface area contributed by atoms with Crippen molar-refractivity contribution in [2.75, 3.05) is 50.3 Å². The van der Waals surface area contributed by atoms with Crippen molar-refractivity contribution < 1.29 is 4.74 Å². The molecule has 0 amide bonds. The molecule has 3 N–H and O–H groups in total. The minimum absolute atomic E-state index is 0.0929. The van der Waals surface area contributed by atoms with E-state index in [1.807, 2.05) is 14.1 Å². The van der Waals surface area contributed by atoms with E-state index in [-0.39, 0.29) is 11.4 Å². The van der Waals surface area contributed by atoms with E-state index in [2.05, 4.69) is 34.1 Å². The van der Waals surface area contributed by atoms with Crippen molar-refractivity contribution in [3.05, 3.63) is 0 Å². The van der Waals surface area contributed by atoms with Crippen molar-refractivity contribution in [1.29, 1.82) is 0 Å². The number of aromatic nitrogens is 3. The Morgan fingerprint density at radius 2 is 1.95 bits per heavy atom. The summed E-state index contributed by atoms with van der Waals surface area (Å²) in [5, 5.41) is 3.21. The number of nitrogen functional groups attached to an aromatic ring is 1. The van der Waals surface area contributed by atoms with E-state index < -0.39 is 0 Å². The van der Waals surface area contributed by atoms with E-state index in [4.69, 9.17) is 10.5 Å². The van der Waals surface area contributed by atoms with Crippen LogP contribution in [0, 0.1) is 5.41 Å². The van der Waals surface area contributed by atoms with Crippen molar-refractivity contribution >= 4 is 17.8 Å². The van der Waals surface area contributed by atoms with Gasteiger partial charge >= 0.3 is 0 Å². The van der Waals surface area contributed by atoms with Gasteiger partial charge in [0.05, 0.1) is 0 Å². The summed E-state index contributed by atoms with van der Waals surface area (Å²) in [4.78, 5) is 14.2. The van der Waals surface area contributed by atoms with Gasteiger partial charge in [0.1, 0.15) is 0 Å². The molecule has 19 heavy (non-hydrogen) atoms. The molecular formula is C12H24N6O. The zero-order valence-electron chi connectivity index (χ0n) is 12.4. The third kappa shape index (κ3) is 5.25. The molecule has 0 saturated heterocycles. The topological polar surface area (TPSA) is 89.2 Å². The standard InChI is InChI=1S/C12H24N6O/c1-12(2,6-7-19-5)8-14-10-15-9(13)16-11(17-10)18(3)4/h6-8H2,1-5H3,(H3,13,14,15,16,17). The Balaban J connectivity index is 2.67. The fraction of sp³-hybridized carbons (Fsp3) is 0.750. The van der Waals surface area contributed by atoms with Crippen LogP contribution < -0.4 is 16.0 Å². The van der Waals surface area contributed by atoms with Gasteiger partial charge in [-0.15, -0.1) is 0 Å². The molecule has 0 fully saturated rings. The second kappa shape index (κ2) is 6.51. The number of anilines is 3. The van der Waals surface area contributed by atoms with E-state index in [9.17, 15) is 0 Å². The van der Waals surface area contributed by atoms with Gasteiger partial charge in [-0.05, 0) is 11.8 Å².